The van der Waals surface area contributed by atoms with Crippen molar-refractivity contribution in [2.45, 2.75) is 24.9 Å². The number of fused-ring (bicyclic) bond motifs is 3. The lowest BCUT2D eigenvalue weighted by Gasteiger charge is -2.47. The molecule has 1 unspecified atom stereocenters. The van der Waals surface area contributed by atoms with Crippen molar-refractivity contribution >= 4 is 11.9 Å². The zero-order valence-corrected chi connectivity index (χ0v) is 15.5. The van der Waals surface area contributed by atoms with Crippen molar-refractivity contribution in [3.8, 4) is 0 Å². The maximum absolute atomic E-state index is 11.9. The summed E-state index contributed by atoms with van der Waals surface area (Å²) < 4.78 is 5.43. The molecule has 0 saturated carbocycles. The second kappa shape index (κ2) is 8.82. The van der Waals surface area contributed by atoms with E-state index in [0.29, 0.717) is 12.1 Å². The van der Waals surface area contributed by atoms with Gasteiger partial charge in [-0.2, -0.15) is 0 Å². The van der Waals surface area contributed by atoms with Gasteiger partial charge in [-0.05, 0) is 12.8 Å². The van der Waals surface area contributed by atoms with Gasteiger partial charge in [0.1, 0.15) is 6.54 Å². The zero-order valence-electron chi connectivity index (χ0n) is 15.5. The fraction of sp³-hybridized carbons (Fsp3) is 0.882. The maximum atomic E-state index is 11.9. The Bertz CT molecular complexity index is 470. The minimum Gasteiger partial charge on any atom is -0.381 e. The van der Waals surface area contributed by atoms with Crippen LogP contribution in [0, 0.1) is 0 Å². The van der Waals surface area contributed by atoms with E-state index in [9.17, 15) is 4.79 Å². The van der Waals surface area contributed by atoms with Gasteiger partial charge in [0.05, 0.1) is 0 Å². The molecule has 0 aromatic carbocycles. The van der Waals surface area contributed by atoms with Crippen LogP contribution in [0.4, 0.5) is 0 Å². The van der Waals surface area contributed by atoms with Crippen molar-refractivity contribution in [1.82, 2.24) is 25.3 Å². The molecule has 0 aromatic heterocycles. The molecule has 4 saturated heterocycles. The standard InChI is InChI=1S/C17H32N6O2/c1-21(2)16(24)12-19-17(20-14-3-9-25-10-4-14)18-11-15-13-22-5-7-23(15)8-6-22/h14-15H,3-13H2,1-2H3,(H2,18,19,20). The Hall–Kier alpha value is -1.38. The summed E-state index contributed by atoms with van der Waals surface area (Å²) in [6.07, 6.45) is 1.96. The number of amides is 1. The Morgan fingerprint density at radius 3 is 2.52 bits per heavy atom. The van der Waals surface area contributed by atoms with Gasteiger partial charge in [0.25, 0.3) is 0 Å². The predicted octanol–water partition coefficient (Wildman–Crippen LogP) is -1.21. The smallest absolute Gasteiger partial charge is 0.243 e. The van der Waals surface area contributed by atoms with Crippen molar-refractivity contribution in [2.24, 2.45) is 4.99 Å². The van der Waals surface area contributed by atoms with Gasteiger partial charge in [-0.25, -0.2) is 4.99 Å². The van der Waals surface area contributed by atoms with E-state index in [2.05, 4.69) is 25.4 Å². The van der Waals surface area contributed by atoms with Crippen LogP contribution in [0.1, 0.15) is 12.8 Å². The third kappa shape index (κ3) is 5.29. The molecular weight excluding hydrogens is 320 g/mol. The lowest BCUT2D eigenvalue weighted by molar-refractivity contribution is -0.127. The van der Waals surface area contributed by atoms with Crippen LogP contribution in [0.3, 0.4) is 0 Å². The number of piperazine rings is 3. The van der Waals surface area contributed by atoms with Crippen molar-refractivity contribution in [1.29, 1.82) is 0 Å². The van der Waals surface area contributed by atoms with Crippen molar-refractivity contribution in [2.75, 3.05) is 73.1 Å². The van der Waals surface area contributed by atoms with Crippen LogP contribution in [0.25, 0.3) is 0 Å². The van der Waals surface area contributed by atoms with Gasteiger partial charge in [-0.1, -0.05) is 0 Å². The lowest BCUT2D eigenvalue weighted by atomic mass is 10.1. The molecule has 2 bridgehead atoms. The Labute approximate surface area is 150 Å². The fourth-order valence-corrected chi connectivity index (χ4v) is 3.61. The lowest BCUT2D eigenvalue weighted by Crippen LogP contribution is -2.64. The van der Waals surface area contributed by atoms with Crippen LogP contribution in [0.5, 0.6) is 0 Å². The normalized spacial score (nSPS) is 30.2. The Morgan fingerprint density at radius 1 is 1.20 bits per heavy atom. The fourth-order valence-electron chi connectivity index (χ4n) is 3.61. The summed E-state index contributed by atoms with van der Waals surface area (Å²) in [7, 11) is 3.52. The first-order valence-electron chi connectivity index (χ1n) is 9.41. The topological polar surface area (TPSA) is 72.4 Å². The van der Waals surface area contributed by atoms with E-state index in [1.165, 1.54) is 13.1 Å². The van der Waals surface area contributed by atoms with Crippen molar-refractivity contribution in [3.05, 3.63) is 0 Å². The molecule has 8 nitrogen and oxygen atoms in total. The van der Waals surface area contributed by atoms with Crippen LogP contribution in [0.2, 0.25) is 0 Å². The van der Waals surface area contributed by atoms with Crippen molar-refractivity contribution in [3.63, 3.8) is 0 Å². The number of nitrogens with zero attached hydrogens (tertiary/aromatic N) is 4. The highest BCUT2D eigenvalue weighted by molar-refractivity contribution is 5.85. The minimum atomic E-state index is 0.0136. The summed E-state index contributed by atoms with van der Waals surface area (Å²) in [6, 6.07) is 0.884. The molecule has 2 N–H and O–H groups in total. The largest absolute Gasteiger partial charge is 0.381 e. The molecule has 4 heterocycles. The van der Waals surface area contributed by atoms with Crippen LogP contribution in [0.15, 0.2) is 4.99 Å². The number of hydrogen-bond acceptors (Lipinski definition) is 5. The van der Waals surface area contributed by atoms with Gasteiger partial charge in [0, 0.05) is 78.7 Å². The SMILES string of the molecule is CN(C)C(=O)CN=C(NCC1CN2CCN1CC2)NC1CCOCC1. The Morgan fingerprint density at radius 2 is 1.92 bits per heavy atom. The highest BCUT2D eigenvalue weighted by atomic mass is 16.5. The van der Waals surface area contributed by atoms with Gasteiger partial charge >= 0.3 is 0 Å². The summed E-state index contributed by atoms with van der Waals surface area (Å²) in [5, 5.41) is 6.96. The highest BCUT2D eigenvalue weighted by Crippen LogP contribution is 2.14. The van der Waals surface area contributed by atoms with Gasteiger partial charge in [-0.15, -0.1) is 0 Å². The van der Waals surface area contributed by atoms with Crippen LogP contribution in [-0.2, 0) is 9.53 Å². The molecule has 8 heteroatoms. The van der Waals surface area contributed by atoms with E-state index < -0.39 is 0 Å². The minimum absolute atomic E-state index is 0.0136. The second-order valence-corrected chi connectivity index (χ2v) is 7.36. The molecule has 0 spiro atoms. The monoisotopic (exact) mass is 352 g/mol. The molecule has 4 rings (SSSR count). The van der Waals surface area contributed by atoms with Crippen LogP contribution >= 0.6 is 0 Å². The third-order valence-electron chi connectivity index (χ3n) is 5.33. The second-order valence-electron chi connectivity index (χ2n) is 7.36. The molecular formula is C17H32N6O2. The third-order valence-corrected chi connectivity index (χ3v) is 5.33. The first-order valence-corrected chi connectivity index (χ1v) is 9.41. The highest BCUT2D eigenvalue weighted by Gasteiger charge is 2.31. The van der Waals surface area contributed by atoms with Gasteiger partial charge in [-0.3, -0.25) is 14.6 Å². The number of guanidine groups is 1. The molecule has 25 heavy (non-hydrogen) atoms. The molecule has 0 aliphatic carbocycles. The number of likely N-dealkylation sites (N-methyl/N-ethyl adjacent to an activating group) is 1. The molecule has 142 valence electrons. The van der Waals surface area contributed by atoms with E-state index in [1.54, 1.807) is 19.0 Å². The summed E-state index contributed by atoms with van der Waals surface area (Å²) >= 11 is 0. The number of ether oxygens (including phenoxy) is 1. The van der Waals surface area contributed by atoms with E-state index in [-0.39, 0.29) is 12.5 Å². The average Bonchev–Trinajstić information content (AvgIpc) is 2.65. The summed E-state index contributed by atoms with van der Waals surface area (Å²) in [5.41, 5.74) is 0. The summed E-state index contributed by atoms with van der Waals surface area (Å²) in [5.74, 6) is 0.763. The molecule has 0 aromatic rings. The van der Waals surface area contributed by atoms with E-state index in [4.69, 9.17) is 4.74 Å². The molecule has 4 aliphatic rings. The Balaban J connectivity index is 1.55. The summed E-state index contributed by atoms with van der Waals surface area (Å²) in [6.45, 7) is 8.42. The number of nitrogens with one attached hydrogen (secondary N) is 2. The van der Waals surface area contributed by atoms with Gasteiger partial charge < -0.3 is 20.3 Å². The average molecular weight is 352 g/mol. The van der Waals surface area contributed by atoms with E-state index >= 15 is 0 Å². The number of carbonyl (C=O) groups is 1. The molecule has 1 amide bonds. The Kier molecular flexibility index (Phi) is 6.50. The van der Waals surface area contributed by atoms with Crippen LogP contribution in [-0.4, -0.2) is 112 Å². The molecule has 4 fully saturated rings. The van der Waals surface area contributed by atoms with E-state index in [1.807, 2.05) is 0 Å². The summed E-state index contributed by atoms with van der Waals surface area (Å²) in [4.78, 5) is 23.1. The number of rotatable bonds is 5. The number of hydrogen-bond donors (Lipinski definition) is 2. The number of aliphatic imine (C=N–C) groups is 1. The number of carbonyl (C=O) groups excluding carboxylic acids is 1. The molecule has 4 aliphatic heterocycles. The van der Waals surface area contributed by atoms with Crippen molar-refractivity contribution < 1.29 is 9.53 Å². The van der Waals surface area contributed by atoms with Crippen LogP contribution < -0.4 is 10.6 Å². The predicted molar refractivity (Wildman–Crippen MR) is 97.8 cm³/mol. The molecule has 1 atom stereocenters. The quantitative estimate of drug-likeness (QED) is 0.478. The first kappa shape index (κ1) is 18.4. The maximum Gasteiger partial charge on any atom is 0.243 e. The van der Waals surface area contributed by atoms with E-state index in [0.717, 1.165) is 58.2 Å². The van der Waals surface area contributed by atoms with Gasteiger partial charge in [0.2, 0.25) is 5.91 Å². The molecule has 0 radical (unpaired) electrons. The first-order chi connectivity index (χ1) is 12.1. The van der Waals surface area contributed by atoms with Gasteiger partial charge in [0.15, 0.2) is 5.96 Å². The zero-order chi connectivity index (χ0) is 17.6.